The Balaban J connectivity index is 1.99. The normalized spacial score (nSPS) is 16.4. The highest BCUT2D eigenvalue weighted by Crippen LogP contribution is 2.30. The number of thiazole rings is 1. The Morgan fingerprint density at radius 1 is 1.67 bits per heavy atom. The van der Waals surface area contributed by atoms with Crippen molar-refractivity contribution in [3.05, 3.63) is 26.6 Å². The summed E-state index contributed by atoms with van der Waals surface area (Å²) in [6.07, 6.45) is 3.68. The van der Waals surface area contributed by atoms with Gasteiger partial charge >= 0.3 is 0 Å². The van der Waals surface area contributed by atoms with E-state index in [2.05, 4.69) is 39.7 Å². The highest BCUT2D eigenvalue weighted by molar-refractivity contribution is 9.11. The lowest BCUT2D eigenvalue weighted by atomic mass is 10.3. The van der Waals surface area contributed by atoms with E-state index in [9.17, 15) is 0 Å². The summed E-state index contributed by atoms with van der Waals surface area (Å²) in [7, 11) is 0. The molecule has 0 amide bonds. The van der Waals surface area contributed by atoms with Crippen molar-refractivity contribution in [2.45, 2.75) is 32.2 Å². The maximum absolute atomic E-state index is 4.68. The molecule has 1 aliphatic rings. The molecule has 0 spiro atoms. The molecule has 82 valence electrons. The first kappa shape index (κ1) is 11.3. The molecule has 0 aromatic carbocycles. The van der Waals surface area contributed by atoms with E-state index >= 15 is 0 Å². The smallest absolute Gasteiger partial charge is 0.110 e. The van der Waals surface area contributed by atoms with Gasteiger partial charge < -0.3 is 5.32 Å². The summed E-state index contributed by atoms with van der Waals surface area (Å²) in [5.74, 6) is 0. The summed E-state index contributed by atoms with van der Waals surface area (Å²) < 4.78 is 0.985. The Morgan fingerprint density at radius 3 is 3.13 bits per heavy atom. The van der Waals surface area contributed by atoms with Crippen LogP contribution in [-0.2, 0) is 12.8 Å². The maximum atomic E-state index is 4.68. The van der Waals surface area contributed by atoms with Gasteiger partial charge in [-0.2, -0.15) is 0 Å². The first-order valence-corrected chi connectivity index (χ1v) is 6.83. The molecule has 0 bridgehead atoms. The molecule has 1 atom stereocenters. The molecule has 1 aliphatic carbocycles. The fourth-order valence-electron chi connectivity index (χ4n) is 1.75. The molecule has 1 N–H and O–H groups in total. The second-order valence-corrected chi connectivity index (χ2v) is 6.13. The Bertz CT molecular complexity index is 351. The molecule has 0 radical (unpaired) electrons. The Labute approximate surface area is 103 Å². The van der Waals surface area contributed by atoms with Gasteiger partial charge in [-0.3, -0.25) is 0 Å². The third-order valence-electron chi connectivity index (χ3n) is 2.58. The molecule has 1 heterocycles. The van der Waals surface area contributed by atoms with Crippen LogP contribution in [0, 0.1) is 0 Å². The molecule has 0 aliphatic heterocycles. The third-order valence-corrected chi connectivity index (χ3v) is 4.20. The topological polar surface area (TPSA) is 24.9 Å². The summed E-state index contributed by atoms with van der Waals surface area (Å²) in [5, 5.41) is 4.60. The van der Waals surface area contributed by atoms with Crippen molar-refractivity contribution in [1.29, 1.82) is 0 Å². The first-order chi connectivity index (χ1) is 7.16. The molecule has 2 rings (SSSR count). The van der Waals surface area contributed by atoms with Crippen molar-refractivity contribution in [1.82, 2.24) is 10.3 Å². The zero-order valence-corrected chi connectivity index (χ0v) is 11.2. The molecular formula is C11H15BrN2S. The number of hydrogen-bond donors (Lipinski definition) is 1. The van der Waals surface area contributed by atoms with Crippen LogP contribution in [0.3, 0.4) is 0 Å². The van der Waals surface area contributed by atoms with E-state index in [-0.39, 0.29) is 0 Å². The SMILES string of the molecule is C=C(Br)CNC(C)c1nc2c(s1)CCC2. The molecule has 1 aromatic heterocycles. The highest BCUT2D eigenvalue weighted by Gasteiger charge is 2.19. The fraction of sp³-hybridized carbons (Fsp3) is 0.545. The first-order valence-electron chi connectivity index (χ1n) is 5.22. The van der Waals surface area contributed by atoms with Crippen molar-refractivity contribution in [2.24, 2.45) is 0 Å². The quantitative estimate of drug-likeness (QED) is 0.920. The van der Waals surface area contributed by atoms with Crippen LogP contribution in [0.2, 0.25) is 0 Å². The lowest BCUT2D eigenvalue weighted by Gasteiger charge is -2.09. The van der Waals surface area contributed by atoms with Crippen molar-refractivity contribution in [2.75, 3.05) is 6.54 Å². The Hall–Kier alpha value is -0.190. The number of halogens is 1. The van der Waals surface area contributed by atoms with Gasteiger partial charge in [-0.25, -0.2) is 4.98 Å². The minimum atomic E-state index is 0.329. The van der Waals surface area contributed by atoms with Gasteiger partial charge in [-0.05, 0) is 26.2 Å². The van der Waals surface area contributed by atoms with Crippen LogP contribution in [0.15, 0.2) is 11.1 Å². The van der Waals surface area contributed by atoms with Crippen LogP contribution >= 0.6 is 27.3 Å². The van der Waals surface area contributed by atoms with Crippen LogP contribution in [0.5, 0.6) is 0 Å². The third kappa shape index (κ3) is 2.68. The standard InChI is InChI=1S/C11H15BrN2S/c1-7(12)6-13-8(2)11-14-9-4-3-5-10(9)15-11/h8,13H,1,3-6H2,2H3. The monoisotopic (exact) mass is 286 g/mol. The molecule has 4 heteroatoms. The molecule has 1 aromatic rings. The van der Waals surface area contributed by atoms with E-state index in [0.29, 0.717) is 6.04 Å². The predicted octanol–water partition coefficient (Wildman–Crippen LogP) is 3.19. The maximum Gasteiger partial charge on any atom is 0.110 e. The molecular weight excluding hydrogens is 272 g/mol. The van der Waals surface area contributed by atoms with Crippen molar-refractivity contribution in [3.63, 3.8) is 0 Å². The van der Waals surface area contributed by atoms with Crippen molar-refractivity contribution < 1.29 is 0 Å². The molecule has 0 fully saturated rings. The van der Waals surface area contributed by atoms with Gasteiger partial charge in [0.05, 0.1) is 11.7 Å². The van der Waals surface area contributed by atoms with Gasteiger partial charge in [0.15, 0.2) is 0 Å². The van der Waals surface area contributed by atoms with Crippen LogP contribution < -0.4 is 5.32 Å². The largest absolute Gasteiger partial charge is 0.304 e. The van der Waals surface area contributed by atoms with Crippen LogP contribution in [0.25, 0.3) is 0 Å². The second kappa shape index (κ2) is 4.76. The van der Waals surface area contributed by atoms with E-state index in [1.807, 2.05) is 11.3 Å². The molecule has 0 saturated carbocycles. The number of aryl methyl sites for hydroxylation is 2. The van der Waals surface area contributed by atoms with Gasteiger partial charge in [0.2, 0.25) is 0 Å². The van der Waals surface area contributed by atoms with Gasteiger partial charge in [0.25, 0.3) is 0 Å². The van der Waals surface area contributed by atoms with Gasteiger partial charge in [-0.1, -0.05) is 22.5 Å². The predicted molar refractivity (Wildman–Crippen MR) is 68.6 cm³/mol. The van der Waals surface area contributed by atoms with Crippen LogP contribution in [0.4, 0.5) is 0 Å². The summed E-state index contributed by atoms with van der Waals surface area (Å²) in [5.41, 5.74) is 1.33. The minimum absolute atomic E-state index is 0.329. The van der Waals surface area contributed by atoms with Gasteiger partial charge in [0.1, 0.15) is 5.01 Å². The van der Waals surface area contributed by atoms with Crippen LogP contribution in [-0.4, -0.2) is 11.5 Å². The molecule has 1 unspecified atom stereocenters. The molecule has 0 saturated heterocycles. The summed E-state index contributed by atoms with van der Waals surface area (Å²) >= 11 is 5.21. The number of nitrogens with one attached hydrogen (secondary N) is 1. The van der Waals surface area contributed by atoms with Gasteiger partial charge in [-0.15, -0.1) is 11.3 Å². The lowest BCUT2D eigenvalue weighted by Crippen LogP contribution is -2.19. The Morgan fingerprint density at radius 2 is 2.47 bits per heavy atom. The van der Waals surface area contributed by atoms with E-state index in [0.717, 1.165) is 11.0 Å². The lowest BCUT2D eigenvalue weighted by molar-refractivity contribution is 0.610. The summed E-state index contributed by atoms with van der Waals surface area (Å²) in [6.45, 7) is 6.76. The number of aromatic nitrogens is 1. The average molecular weight is 287 g/mol. The highest BCUT2D eigenvalue weighted by atomic mass is 79.9. The Kier molecular flexibility index (Phi) is 3.59. The van der Waals surface area contributed by atoms with E-state index in [4.69, 9.17) is 0 Å². The average Bonchev–Trinajstić information content (AvgIpc) is 2.72. The zero-order valence-electron chi connectivity index (χ0n) is 8.85. The van der Waals surface area contributed by atoms with E-state index < -0.39 is 0 Å². The number of hydrogen-bond acceptors (Lipinski definition) is 3. The zero-order chi connectivity index (χ0) is 10.8. The summed E-state index contributed by atoms with van der Waals surface area (Å²) in [6, 6.07) is 0.329. The van der Waals surface area contributed by atoms with Crippen LogP contribution in [0.1, 0.15) is 35.0 Å². The molecule has 2 nitrogen and oxygen atoms in total. The van der Waals surface area contributed by atoms with Crippen molar-refractivity contribution in [3.8, 4) is 0 Å². The minimum Gasteiger partial charge on any atom is -0.304 e. The van der Waals surface area contributed by atoms with E-state index in [1.54, 1.807) is 0 Å². The molecule has 15 heavy (non-hydrogen) atoms. The second-order valence-electron chi connectivity index (χ2n) is 3.90. The van der Waals surface area contributed by atoms with Gasteiger partial charge in [0, 0.05) is 15.9 Å². The summed E-state index contributed by atoms with van der Waals surface area (Å²) in [4.78, 5) is 6.18. The fourth-order valence-corrected chi connectivity index (χ4v) is 3.09. The van der Waals surface area contributed by atoms with E-state index in [1.165, 1.54) is 34.8 Å². The van der Waals surface area contributed by atoms with Crippen molar-refractivity contribution >= 4 is 27.3 Å². The number of rotatable bonds is 4. The number of fused-ring (bicyclic) bond motifs is 1. The number of nitrogens with zero attached hydrogens (tertiary/aromatic N) is 1.